The third-order valence-corrected chi connectivity index (χ3v) is 7.33. The van der Waals surface area contributed by atoms with Crippen LogP contribution in [0.2, 0.25) is 0 Å². The fourth-order valence-electron chi connectivity index (χ4n) is 5.31. The maximum absolute atomic E-state index is 10.6. The minimum atomic E-state index is 0. The Morgan fingerprint density at radius 3 is 2.41 bits per heavy atom. The summed E-state index contributed by atoms with van der Waals surface area (Å²) in [6, 6.07) is 37.4. The molecule has 4 aromatic carbocycles. The Balaban J connectivity index is 0.00000302. The van der Waals surface area contributed by atoms with Gasteiger partial charge in [0.25, 0.3) is 0 Å². The van der Waals surface area contributed by atoms with E-state index in [1.54, 1.807) is 6.07 Å². The molecule has 0 amide bonds. The van der Waals surface area contributed by atoms with Gasteiger partial charge in [-0.2, -0.15) is 6.07 Å². The Morgan fingerprint density at radius 2 is 1.59 bits per heavy atom. The second-order valence-electron chi connectivity index (χ2n) is 10.2. The fourth-order valence-corrected chi connectivity index (χ4v) is 5.31. The zero-order valence-electron chi connectivity index (χ0n) is 22.5. The topological polar surface area (TPSA) is 60.2 Å². The molecule has 0 radical (unpaired) electrons. The van der Waals surface area contributed by atoms with Gasteiger partial charge in [0.15, 0.2) is 0 Å². The summed E-state index contributed by atoms with van der Waals surface area (Å²) in [6.07, 6.45) is 1.86. The Kier molecular flexibility index (Phi) is 7.06. The van der Waals surface area contributed by atoms with Gasteiger partial charge in [-0.05, 0) is 64.4 Å². The number of phenols is 1. The van der Waals surface area contributed by atoms with E-state index in [1.807, 2.05) is 72.9 Å². The van der Waals surface area contributed by atoms with Gasteiger partial charge in [0.1, 0.15) is 17.1 Å². The van der Waals surface area contributed by atoms with Crippen molar-refractivity contribution < 1.29 is 30.9 Å². The molecule has 0 aliphatic heterocycles. The van der Waals surface area contributed by atoms with E-state index in [4.69, 9.17) is 9.72 Å². The second-order valence-corrected chi connectivity index (χ2v) is 10.2. The zero-order valence-corrected chi connectivity index (χ0v) is 24.8. The zero-order chi connectivity index (χ0) is 27.2. The summed E-state index contributed by atoms with van der Waals surface area (Å²) in [5.41, 5.74) is 5.71. The van der Waals surface area contributed by atoms with Crippen LogP contribution in [0.4, 0.5) is 0 Å². The molecule has 3 heterocycles. The number of benzene rings is 4. The molecule has 7 aromatic rings. The largest absolute Gasteiger partial charge is 0.506 e. The maximum atomic E-state index is 10.6. The van der Waals surface area contributed by atoms with E-state index >= 15 is 0 Å². The quantitative estimate of drug-likeness (QED) is 0.181. The van der Waals surface area contributed by atoms with Crippen molar-refractivity contribution in [2.24, 2.45) is 0 Å². The van der Waals surface area contributed by atoms with Crippen molar-refractivity contribution in [3.8, 4) is 34.3 Å². The van der Waals surface area contributed by atoms with E-state index in [-0.39, 0.29) is 26.8 Å². The van der Waals surface area contributed by atoms with Gasteiger partial charge in [0.05, 0.1) is 0 Å². The minimum absolute atomic E-state index is 0. The summed E-state index contributed by atoms with van der Waals surface area (Å²) >= 11 is 0. The number of pyridine rings is 2. The summed E-state index contributed by atoms with van der Waals surface area (Å²) in [4.78, 5) is 9.40. The van der Waals surface area contributed by atoms with Gasteiger partial charge in [-0.1, -0.05) is 67.9 Å². The third kappa shape index (κ3) is 4.77. The van der Waals surface area contributed by atoms with Crippen LogP contribution in [0.25, 0.3) is 49.7 Å². The molecule has 204 valence electrons. The molecule has 41 heavy (non-hydrogen) atoms. The van der Waals surface area contributed by atoms with Crippen LogP contribution in [-0.4, -0.2) is 19.6 Å². The molecule has 0 saturated carbocycles. The number of aromatic hydroxyl groups is 1. The normalized spacial score (nSPS) is 11.3. The van der Waals surface area contributed by atoms with Crippen molar-refractivity contribution in [3.63, 3.8) is 0 Å². The number of hydrogen-bond acceptors (Lipinski definition) is 4. The first-order valence-corrected chi connectivity index (χ1v) is 13.3. The SMILES string of the molecule is CC(C)c1ccnc(-n2c3[c-]c(Oc4ccc5c(-c6ccccc6)ccc(O)c5n4)ccc3c3ccccc32)c1.[Pt]. The molecule has 0 spiro atoms. The summed E-state index contributed by atoms with van der Waals surface area (Å²) in [6.45, 7) is 4.36. The molecule has 0 fully saturated rings. The van der Waals surface area contributed by atoms with E-state index in [9.17, 15) is 5.11 Å². The molecule has 5 nitrogen and oxygen atoms in total. The van der Waals surface area contributed by atoms with Gasteiger partial charge < -0.3 is 14.4 Å². The first kappa shape index (κ1) is 26.7. The smallest absolute Gasteiger partial charge is 0.217 e. The van der Waals surface area contributed by atoms with Crippen LogP contribution in [0.3, 0.4) is 0 Å². The van der Waals surface area contributed by atoms with Gasteiger partial charge in [-0.25, -0.2) is 9.97 Å². The molecular formula is C35H26N3O2Pt-. The average molecular weight is 716 g/mol. The first-order valence-electron chi connectivity index (χ1n) is 13.3. The molecule has 1 N–H and O–H groups in total. The molecule has 7 rings (SSSR count). The summed E-state index contributed by atoms with van der Waals surface area (Å²) in [5.74, 6) is 2.24. The van der Waals surface area contributed by atoms with Crippen molar-refractivity contribution in [2.45, 2.75) is 19.8 Å². The molecule has 3 aromatic heterocycles. The van der Waals surface area contributed by atoms with Crippen LogP contribution in [0, 0.1) is 6.07 Å². The maximum Gasteiger partial charge on any atom is 0.217 e. The third-order valence-electron chi connectivity index (χ3n) is 7.33. The van der Waals surface area contributed by atoms with Crippen molar-refractivity contribution >= 4 is 32.7 Å². The number of nitrogens with zero attached hydrogens (tertiary/aromatic N) is 3. The summed E-state index contributed by atoms with van der Waals surface area (Å²) < 4.78 is 8.37. The Morgan fingerprint density at radius 1 is 0.805 bits per heavy atom. The Labute approximate surface area is 252 Å². The number of hydrogen-bond donors (Lipinski definition) is 1. The molecule has 0 saturated heterocycles. The van der Waals surface area contributed by atoms with Crippen molar-refractivity contribution in [2.75, 3.05) is 0 Å². The van der Waals surface area contributed by atoms with E-state index in [1.165, 1.54) is 5.56 Å². The van der Waals surface area contributed by atoms with Gasteiger partial charge >= 0.3 is 0 Å². The van der Waals surface area contributed by atoms with Gasteiger partial charge in [0.2, 0.25) is 5.88 Å². The fraction of sp³-hybridized carbons (Fsp3) is 0.0857. The van der Waals surface area contributed by atoms with Gasteiger partial charge in [-0.15, -0.1) is 17.5 Å². The number of rotatable bonds is 5. The summed E-state index contributed by atoms with van der Waals surface area (Å²) in [5, 5.41) is 13.7. The number of aromatic nitrogens is 3. The predicted octanol–water partition coefficient (Wildman–Crippen LogP) is 8.81. The average Bonchev–Trinajstić information content (AvgIpc) is 3.32. The number of fused-ring (bicyclic) bond motifs is 4. The van der Waals surface area contributed by atoms with Crippen molar-refractivity contribution in [3.05, 3.63) is 121 Å². The molecule has 0 aliphatic rings. The van der Waals surface area contributed by atoms with E-state index in [0.717, 1.165) is 44.1 Å². The van der Waals surface area contributed by atoms with Crippen LogP contribution in [0.15, 0.2) is 109 Å². The van der Waals surface area contributed by atoms with Gasteiger partial charge in [0, 0.05) is 50.0 Å². The molecule has 0 aliphatic carbocycles. The van der Waals surface area contributed by atoms with Crippen LogP contribution < -0.4 is 4.74 Å². The van der Waals surface area contributed by atoms with Gasteiger partial charge in [-0.3, -0.25) is 0 Å². The number of phenolic OH excluding ortho intramolecular Hbond substituents is 1. The number of ether oxygens (including phenoxy) is 1. The Hall–Kier alpha value is -4.47. The van der Waals surface area contributed by atoms with E-state index in [0.29, 0.717) is 23.1 Å². The van der Waals surface area contributed by atoms with Crippen LogP contribution in [0.1, 0.15) is 25.3 Å². The van der Waals surface area contributed by atoms with Crippen molar-refractivity contribution in [1.82, 2.24) is 14.5 Å². The number of para-hydroxylation sites is 1. The molecular weight excluding hydrogens is 689 g/mol. The monoisotopic (exact) mass is 715 g/mol. The van der Waals surface area contributed by atoms with E-state index < -0.39 is 0 Å². The van der Waals surface area contributed by atoms with Crippen LogP contribution in [0.5, 0.6) is 17.4 Å². The van der Waals surface area contributed by atoms with Crippen LogP contribution in [-0.2, 0) is 21.1 Å². The summed E-state index contributed by atoms with van der Waals surface area (Å²) in [7, 11) is 0. The molecule has 0 unspecified atom stereocenters. The van der Waals surface area contributed by atoms with E-state index in [2.05, 4.69) is 59.8 Å². The Bertz CT molecular complexity index is 2030. The predicted molar refractivity (Wildman–Crippen MR) is 160 cm³/mol. The van der Waals surface area contributed by atoms with Crippen molar-refractivity contribution in [1.29, 1.82) is 0 Å². The molecule has 0 atom stereocenters. The first-order chi connectivity index (χ1) is 19.6. The molecule has 0 bridgehead atoms. The second kappa shape index (κ2) is 10.8. The molecule has 6 heteroatoms. The van der Waals surface area contributed by atoms with Crippen LogP contribution >= 0.6 is 0 Å². The minimum Gasteiger partial charge on any atom is -0.506 e. The standard InChI is InChI=1S/C35H26N3O2.Pt/c1-22(2)24-18-19-36-33(20-24)38-30-11-7-6-10-27(30)28-13-12-25(21-31(28)38)40-34-17-15-29-26(23-8-4-3-5-9-23)14-16-32(39)35(29)37-34;/h3-20,22,39H,1-2H3;/q-1;.